The summed E-state index contributed by atoms with van der Waals surface area (Å²) in [6, 6.07) is 9.20. The molecule has 0 unspecified atom stereocenters. The van der Waals surface area contributed by atoms with Crippen molar-refractivity contribution < 1.29 is 10.2 Å². The first kappa shape index (κ1) is 17.4. The van der Waals surface area contributed by atoms with Gasteiger partial charge in [-0.1, -0.05) is 0 Å². The summed E-state index contributed by atoms with van der Waals surface area (Å²) in [6.07, 6.45) is 5.20. The molecule has 140 valence electrons. The highest BCUT2D eigenvalue weighted by Crippen LogP contribution is 2.35. The minimum Gasteiger partial charge on any atom is -0.507 e. The van der Waals surface area contributed by atoms with Gasteiger partial charge in [-0.05, 0) is 24.3 Å². The molecule has 2 aromatic heterocycles. The lowest BCUT2D eigenvalue weighted by molar-refractivity contribution is 0.189. The summed E-state index contributed by atoms with van der Waals surface area (Å²) >= 11 is 0. The standard InChI is InChI=1S/C19H22N6O2/c26-13-12-23-8-10-24(11-9-23)17-4-6-20-22-19(17)16-3-2-15(14-18(16)27)25-7-1-5-21-25/h1-7,14,26-27H,8-13H2. The molecule has 8 nitrogen and oxygen atoms in total. The number of nitrogens with zero attached hydrogens (tertiary/aromatic N) is 6. The highest BCUT2D eigenvalue weighted by atomic mass is 16.3. The number of aliphatic hydroxyl groups is 1. The second kappa shape index (κ2) is 7.73. The van der Waals surface area contributed by atoms with Gasteiger partial charge in [-0.3, -0.25) is 4.90 Å². The Kier molecular flexibility index (Phi) is 4.99. The predicted octanol–water partition coefficient (Wildman–Crippen LogP) is 1.15. The fourth-order valence-electron chi connectivity index (χ4n) is 3.41. The third kappa shape index (κ3) is 3.62. The minimum absolute atomic E-state index is 0.142. The number of β-amino-alcohol motifs (C(OH)–C–C–N with tert-alkyl or cyclic N) is 1. The van der Waals surface area contributed by atoms with E-state index >= 15 is 0 Å². The molecule has 4 rings (SSSR count). The van der Waals surface area contributed by atoms with Crippen LogP contribution in [0.5, 0.6) is 5.75 Å². The van der Waals surface area contributed by atoms with Gasteiger partial charge < -0.3 is 15.1 Å². The highest BCUT2D eigenvalue weighted by molar-refractivity contribution is 5.79. The van der Waals surface area contributed by atoms with Crippen molar-refractivity contribution in [3.8, 4) is 22.7 Å². The van der Waals surface area contributed by atoms with Gasteiger partial charge in [0.2, 0.25) is 0 Å². The lowest BCUT2D eigenvalue weighted by Crippen LogP contribution is -2.47. The molecule has 0 amide bonds. The van der Waals surface area contributed by atoms with Crippen LogP contribution in [-0.2, 0) is 0 Å². The molecule has 0 bridgehead atoms. The van der Waals surface area contributed by atoms with Crippen molar-refractivity contribution in [1.29, 1.82) is 0 Å². The molecule has 0 atom stereocenters. The maximum absolute atomic E-state index is 10.6. The van der Waals surface area contributed by atoms with Crippen LogP contribution in [0.3, 0.4) is 0 Å². The predicted molar refractivity (Wildman–Crippen MR) is 102 cm³/mol. The van der Waals surface area contributed by atoms with E-state index in [9.17, 15) is 5.11 Å². The minimum atomic E-state index is 0.142. The highest BCUT2D eigenvalue weighted by Gasteiger charge is 2.21. The van der Waals surface area contributed by atoms with E-state index in [1.165, 1.54) is 0 Å². The summed E-state index contributed by atoms with van der Waals surface area (Å²) in [5.74, 6) is 0.142. The zero-order chi connectivity index (χ0) is 18.6. The van der Waals surface area contributed by atoms with Crippen LogP contribution in [0, 0.1) is 0 Å². The molecule has 27 heavy (non-hydrogen) atoms. The van der Waals surface area contributed by atoms with Crippen molar-refractivity contribution in [1.82, 2.24) is 24.9 Å². The number of rotatable bonds is 5. The van der Waals surface area contributed by atoms with Gasteiger partial charge >= 0.3 is 0 Å². The zero-order valence-electron chi connectivity index (χ0n) is 14.9. The average Bonchev–Trinajstić information content (AvgIpc) is 3.24. The Morgan fingerprint density at radius 3 is 2.59 bits per heavy atom. The van der Waals surface area contributed by atoms with Crippen LogP contribution in [-0.4, -0.2) is 74.4 Å². The van der Waals surface area contributed by atoms with E-state index in [1.54, 1.807) is 23.1 Å². The number of aromatic nitrogens is 4. The van der Waals surface area contributed by atoms with E-state index < -0.39 is 0 Å². The lowest BCUT2D eigenvalue weighted by Gasteiger charge is -2.36. The van der Waals surface area contributed by atoms with Crippen molar-refractivity contribution >= 4 is 5.69 Å². The summed E-state index contributed by atoms with van der Waals surface area (Å²) in [5.41, 5.74) is 3.05. The van der Waals surface area contributed by atoms with Crippen molar-refractivity contribution in [2.75, 3.05) is 44.2 Å². The Hall–Kier alpha value is -2.97. The van der Waals surface area contributed by atoms with E-state index in [-0.39, 0.29) is 12.4 Å². The topological polar surface area (TPSA) is 90.5 Å². The van der Waals surface area contributed by atoms with Crippen LogP contribution < -0.4 is 4.90 Å². The second-order valence-corrected chi connectivity index (χ2v) is 6.47. The molecule has 0 saturated carbocycles. The number of aliphatic hydroxyl groups excluding tert-OH is 1. The molecule has 8 heteroatoms. The maximum Gasteiger partial charge on any atom is 0.127 e. The molecule has 1 aromatic carbocycles. The molecule has 0 radical (unpaired) electrons. The van der Waals surface area contributed by atoms with Crippen molar-refractivity contribution in [3.05, 3.63) is 48.9 Å². The molecule has 0 spiro atoms. The summed E-state index contributed by atoms with van der Waals surface area (Å²) in [7, 11) is 0. The van der Waals surface area contributed by atoms with E-state index in [4.69, 9.17) is 5.11 Å². The van der Waals surface area contributed by atoms with E-state index in [1.807, 2.05) is 30.5 Å². The summed E-state index contributed by atoms with van der Waals surface area (Å²) in [5, 5.41) is 32.2. The van der Waals surface area contributed by atoms with Crippen LogP contribution >= 0.6 is 0 Å². The van der Waals surface area contributed by atoms with Gasteiger partial charge in [0.1, 0.15) is 11.4 Å². The SMILES string of the molecule is OCCN1CCN(c2ccnnc2-c2ccc(-n3cccn3)cc2O)CC1. The quantitative estimate of drug-likeness (QED) is 0.700. The number of aromatic hydroxyl groups is 1. The van der Waals surface area contributed by atoms with Gasteiger partial charge in [0.25, 0.3) is 0 Å². The third-order valence-corrected chi connectivity index (χ3v) is 4.83. The number of anilines is 1. The van der Waals surface area contributed by atoms with Crippen LogP contribution in [0.4, 0.5) is 5.69 Å². The Labute approximate surface area is 157 Å². The summed E-state index contributed by atoms with van der Waals surface area (Å²) in [6.45, 7) is 4.32. The normalized spacial score (nSPS) is 15.2. The first-order valence-electron chi connectivity index (χ1n) is 8.99. The third-order valence-electron chi connectivity index (χ3n) is 4.83. The first-order valence-corrected chi connectivity index (χ1v) is 8.99. The Balaban J connectivity index is 1.62. The Morgan fingerprint density at radius 1 is 1.04 bits per heavy atom. The number of benzene rings is 1. The zero-order valence-corrected chi connectivity index (χ0v) is 14.9. The van der Waals surface area contributed by atoms with E-state index in [0.717, 1.165) is 37.6 Å². The Morgan fingerprint density at radius 2 is 1.89 bits per heavy atom. The smallest absolute Gasteiger partial charge is 0.127 e. The van der Waals surface area contributed by atoms with E-state index in [0.29, 0.717) is 17.8 Å². The molecule has 1 aliphatic rings. The van der Waals surface area contributed by atoms with Crippen LogP contribution in [0.1, 0.15) is 0 Å². The number of hydrogen-bond donors (Lipinski definition) is 2. The lowest BCUT2D eigenvalue weighted by atomic mass is 10.1. The van der Waals surface area contributed by atoms with Gasteiger partial charge in [0.15, 0.2) is 0 Å². The van der Waals surface area contributed by atoms with Crippen LogP contribution in [0.2, 0.25) is 0 Å². The average molecular weight is 366 g/mol. The molecule has 0 aliphatic carbocycles. The monoisotopic (exact) mass is 366 g/mol. The summed E-state index contributed by atoms with van der Waals surface area (Å²) < 4.78 is 1.70. The summed E-state index contributed by atoms with van der Waals surface area (Å²) in [4.78, 5) is 4.49. The van der Waals surface area contributed by atoms with E-state index in [2.05, 4.69) is 25.1 Å². The van der Waals surface area contributed by atoms with Crippen molar-refractivity contribution in [2.45, 2.75) is 0 Å². The van der Waals surface area contributed by atoms with Gasteiger partial charge in [-0.2, -0.15) is 10.2 Å². The number of phenols is 1. The number of piperazine rings is 1. The molecule has 2 N–H and O–H groups in total. The van der Waals surface area contributed by atoms with Gasteiger partial charge in [-0.15, -0.1) is 5.10 Å². The van der Waals surface area contributed by atoms with Gasteiger partial charge in [0, 0.05) is 56.7 Å². The van der Waals surface area contributed by atoms with Crippen LogP contribution in [0.15, 0.2) is 48.9 Å². The first-order chi connectivity index (χ1) is 13.3. The fourth-order valence-corrected chi connectivity index (χ4v) is 3.41. The molecular weight excluding hydrogens is 344 g/mol. The number of phenolic OH excluding ortho intramolecular Hbond substituents is 1. The largest absolute Gasteiger partial charge is 0.507 e. The molecule has 3 aromatic rings. The fraction of sp³-hybridized carbons (Fsp3) is 0.316. The molecule has 1 saturated heterocycles. The molecule has 1 aliphatic heterocycles. The second-order valence-electron chi connectivity index (χ2n) is 6.47. The van der Waals surface area contributed by atoms with Crippen molar-refractivity contribution in [3.63, 3.8) is 0 Å². The molecule has 3 heterocycles. The maximum atomic E-state index is 10.6. The number of hydrogen-bond acceptors (Lipinski definition) is 7. The van der Waals surface area contributed by atoms with Gasteiger partial charge in [-0.25, -0.2) is 4.68 Å². The molecule has 1 fully saturated rings. The Bertz CT molecular complexity index is 891. The molecular formula is C19H22N6O2. The van der Waals surface area contributed by atoms with Gasteiger partial charge in [0.05, 0.1) is 24.2 Å². The van der Waals surface area contributed by atoms with Crippen molar-refractivity contribution in [2.24, 2.45) is 0 Å². The van der Waals surface area contributed by atoms with Crippen LogP contribution in [0.25, 0.3) is 16.9 Å².